The number of carboxylic acid groups (broad SMARTS) is 1. The first kappa shape index (κ1) is 17.2. The zero-order valence-electron chi connectivity index (χ0n) is 14.4. The average Bonchev–Trinajstić information content (AvgIpc) is 3.02. The van der Waals surface area contributed by atoms with Gasteiger partial charge in [0.25, 0.3) is 5.91 Å². The molecule has 2 aromatic rings. The third-order valence-corrected chi connectivity index (χ3v) is 4.68. The molecule has 0 saturated carbocycles. The second kappa shape index (κ2) is 7.51. The Morgan fingerprint density at radius 1 is 1.28 bits per heavy atom. The van der Waals surface area contributed by atoms with Crippen LogP contribution in [0.15, 0.2) is 36.4 Å². The summed E-state index contributed by atoms with van der Waals surface area (Å²) in [6.45, 7) is 3.26. The topological polar surface area (TPSA) is 75.4 Å². The van der Waals surface area contributed by atoms with Gasteiger partial charge in [0.1, 0.15) is 0 Å². The van der Waals surface area contributed by atoms with E-state index in [1.165, 1.54) is 0 Å². The van der Waals surface area contributed by atoms with Gasteiger partial charge in [0.05, 0.1) is 5.69 Å². The van der Waals surface area contributed by atoms with Crippen LogP contribution in [0, 0.1) is 12.8 Å². The summed E-state index contributed by atoms with van der Waals surface area (Å²) in [6.07, 6.45) is 2.67. The lowest BCUT2D eigenvalue weighted by Gasteiger charge is -2.32. The zero-order valence-corrected chi connectivity index (χ0v) is 14.4. The van der Waals surface area contributed by atoms with Crippen molar-refractivity contribution in [1.82, 2.24) is 14.7 Å². The summed E-state index contributed by atoms with van der Waals surface area (Å²) in [6, 6.07) is 11.6. The Bertz CT molecular complexity index is 755. The summed E-state index contributed by atoms with van der Waals surface area (Å²) in [5.41, 5.74) is 2.28. The van der Waals surface area contributed by atoms with Gasteiger partial charge in [0.2, 0.25) is 0 Å². The van der Waals surface area contributed by atoms with Crippen molar-refractivity contribution in [3.05, 3.63) is 47.8 Å². The lowest BCUT2D eigenvalue weighted by Crippen LogP contribution is -2.40. The highest BCUT2D eigenvalue weighted by molar-refractivity contribution is 5.92. The highest BCUT2D eigenvalue weighted by Gasteiger charge is 2.26. The van der Waals surface area contributed by atoms with Crippen LogP contribution in [-0.2, 0) is 4.79 Å². The van der Waals surface area contributed by atoms with E-state index in [-0.39, 0.29) is 18.2 Å². The Morgan fingerprint density at radius 2 is 2.04 bits per heavy atom. The molecule has 1 amide bonds. The van der Waals surface area contributed by atoms with Crippen LogP contribution in [0.2, 0.25) is 0 Å². The molecule has 6 heteroatoms. The van der Waals surface area contributed by atoms with E-state index in [1.54, 1.807) is 4.68 Å². The van der Waals surface area contributed by atoms with Gasteiger partial charge in [-0.25, -0.2) is 4.68 Å². The molecule has 1 atom stereocenters. The van der Waals surface area contributed by atoms with Gasteiger partial charge >= 0.3 is 5.97 Å². The standard InChI is InChI=1S/C19H23N3O3/c1-14-12-17(20-22(14)16-7-3-2-4-8-16)19(25)21-11-5-6-15(13-21)9-10-18(23)24/h2-4,7-8,12,15H,5-6,9-11,13H2,1H3,(H,23,24)/t15-/m1/s1. The summed E-state index contributed by atoms with van der Waals surface area (Å²) in [4.78, 5) is 25.4. The van der Waals surface area contributed by atoms with Crippen molar-refractivity contribution in [2.45, 2.75) is 32.6 Å². The minimum absolute atomic E-state index is 0.0715. The van der Waals surface area contributed by atoms with Crippen molar-refractivity contribution < 1.29 is 14.7 Å². The number of likely N-dealkylation sites (tertiary alicyclic amines) is 1. The fourth-order valence-electron chi connectivity index (χ4n) is 3.38. The molecule has 6 nitrogen and oxygen atoms in total. The molecule has 0 radical (unpaired) electrons. The number of hydrogen-bond acceptors (Lipinski definition) is 3. The number of benzene rings is 1. The molecule has 0 spiro atoms. The summed E-state index contributed by atoms with van der Waals surface area (Å²) in [5.74, 6) is -0.593. The van der Waals surface area contributed by atoms with E-state index < -0.39 is 5.97 Å². The summed E-state index contributed by atoms with van der Waals surface area (Å²) in [5, 5.41) is 13.3. The van der Waals surface area contributed by atoms with Crippen LogP contribution < -0.4 is 0 Å². The summed E-state index contributed by atoms with van der Waals surface area (Å²) < 4.78 is 1.78. The molecule has 1 aliphatic rings. The van der Waals surface area contributed by atoms with Crippen LogP contribution in [0.1, 0.15) is 41.9 Å². The van der Waals surface area contributed by atoms with E-state index in [2.05, 4.69) is 5.10 Å². The molecular weight excluding hydrogens is 318 g/mol. The molecule has 25 heavy (non-hydrogen) atoms. The predicted octanol–water partition coefficient (Wildman–Crippen LogP) is 2.90. The number of carbonyl (C=O) groups excluding carboxylic acids is 1. The number of aryl methyl sites for hydroxylation is 1. The molecule has 1 saturated heterocycles. The lowest BCUT2D eigenvalue weighted by molar-refractivity contribution is -0.137. The highest BCUT2D eigenvalue weighted by Crippen LogP contribution is 2.23. The monoisotopic (exact) mass is 341 g/mol. The Kier molecular flexibility index (Phi) is 5.16. The molecular formula is C19H23N3O3. The molecule has 1 aromatic heterocycles. The van der Waals surface area contributed by atoms with Crippen LogP contribution in [0.3, 0.4) is 0 Å². The number of piperidine rings is 1. The minimum atomic E-state index is -0.777. The van der Waals surface area contributed by atoms with Crippen LogP contribution in [0.4, 0.5) is 0 Å². The number of rotatable bonds is 5. The van der Waals surface area contributed by atoms with Crippen molar-refractivity contribution in [1.29, 1.82) is 0 Å². The van der Waals surface area contributed by atoms with E-state index in [4.69, 9.17) is 5.11 Å². The van der Waals surface area contributed by atoms with Gasteiger partial charge in [-0.2, -0.15) is 5.10 Å². The zero-order chi connectivity index (χ0) is 17.8. The van der Waals surface area contributed by atoms with Crippen molar-refractivity contribution in [3.63, 3.8) is 0 Å². The Hall–Kier alpha value is -2.63. The molecule has 0 aliphatic carbocycles. The fraction of sp³-hybridized carbons (Fsp3) is 0.421. The van der Waals surface area contributed by atoms with E-state index in [1.807, 2.05) is 48.2 Å². The fourth-order valence-corrected chi connectivity index (χ4v) is 3.38. The van der Waals surface area contributed by atoms with Gasteiger partial charge in [-0.15, -0.1) is 0 Å². The van der Waals surface area contributed by atoms with Gasteiger partial charge < -0.3 is 10.0 Å². The van der Waals surface area contributed by atoms with E-state index in [9.17, 15) is 9.59 Å². The Balaban J connectivity index is 1.71. The van der Waals surface area contributed by atoms with Crippen LogP contribution >= 0.6 is 0 Å². The van der Waals surface area contributed by atoms with Crippen molar-refractivity contribution in [2.24, 2.45) is 5.92 Å². The SMILES string of the molecule is Cc1cc(C(=O)N2CCC[C@H](CCC(=O)O)C2)nn1-c1ccccc1. The van der Waals surface area contributed by atoms with Gasteiger partial charge in [0, 0.05) is 25.2 Å². The second-order valence-corrected chi connectivity index (χ2v) is 6.61. The maximum absolute atomic E-state index is 12.8. The molecule has 1 fully saturated rings. The predicted molar refractivity (Wildman–Crippen MR) is 93.8 cm³/mol. The molecule has 3 rings (SSSR count). The normalized spacial score (nSPS) is 17.5. The first-order valence-corrected chi connectivity index (χ1v) is 8.68. The second-order valence-electron chi connectivity index (χ2n) is 6.61. The van der Waals surface area contributed by atoms with E-state index in [0.717, 1.165) is 24.2 Å². The van der Waals surface area contributed by atoms with Gasteiger partial charge in [-0.05, 0) is 50.3 Å². The molecule has 0 bridgehead atoms. The highest BCUT2D eigenvalue weighted by atomic mass is 16.4. The van der Waals surface area contributed by atoms with E-state index >= 15 is 0 Å². The number of aromatic nitrogens is 2. The van der Waals surface area contributed by atoms with Crippen LogP contribution in [-0.4, -0.2) is 44.8 Å². The van der Waals surface area contributed by atoms with Crippen molar-refractivity contribution in [3.8, 4) is 5.69 Å². The first-order chi connectivity index (χ1) is 12.0. The maximum atomic E-state index is 12.8. The van der Waals surface area contributed by atoms with Gasteiger partial charge in [0.15, 0.2) is 5.69 Å². The third kappa shape index (κ3) is 4.07. The summed E-state index contributed by atoms with van der Waals surface area (Å²) >= 11 is 0. The number of para-hydroxylation sites is 1. The summed E-state index contributed by atoms with van der Waals surface area (Å²) in [7, 11) is 0. The Morgan fingerprint density at radius 3 is 2.76 bits per heavy atom. The molecule has 0 unspecified atom stereocenters. The maximum Gasteiger partial charge on any atom is 0.303 e. The molecule has 1 aromatic carbocycles. The first-order valence-electron chi connectivity index (χ1n) is 8.68. The van der Waals surface area contributed by atoms with Gasteiger partial charge in [-0.3, -0.25) is 9.59 Å². The molecule has 1 N–H and O–H groups in total. The molecule has 2 heterocycles. The van der Waals surface area contributed by atoms with Crippen molar-refractivity contribution in [2.75, 3.05) is 13.1 Å². The largest absolute Gasteiger partial charge is 0.481 e. The van der Waals surface area contributed by atoms with Crippen LogP contribution in [0.5, 0.6) is 0 Å². The number of carbonyl (C=O) groups is 2. The van der Waals surface area contributed by atoms with Crippen molar-refractivity contribution >= 4 is 11.9 Å². The average molecular weight is 341 g/mol. The third-order valence-electron chi connectivity index (χ3n) is 4.68. The van der Waals surface area contributed by atoms with E-state index in [0.29, 0.717) is 25.2 Å². The minimum Gasteiger partial charge on any atom is -0.481 e. The molecule has 132 valence electrons. The quantitative estimate of drug-likeness (QED) is 0.907. The Labute approximate surface area is 147 Å². The van der Waals surface area contributed by atoms with Gasteiger partial charge in [-0.1, -0.05) is 18.2 Å². The molecule has 1 aliphatic heterocycles. The number of carboxylic acids is 1. The number of hydrogen-bond donors (Lipinski definition) is 1. The van der Waals surface area contributed by atoms with Crippen LogP contribution in [0.25, 0.3) is 5.69 Å². The lowest BCUT2D eigenvalue weighted by atomic mass is 9.93. The number of aliphatic carboxylic acids is 1. The number of nitrogens with zero attached hydrogens (tertiary/aromatic N) is 3. The smallest absolute Gasteiger partial charge is 0.303 e. The number of amides is 1.